The number of carbonyl (C=O) groups excluding carboxylic acids is 2. The molecule has 0 amide bonds. The summed E-state index contributed by atoms with van der Waals surface area (Å²) in [5.41, 5.74) is 5.59. The Balaban J connectivity index is 2.50. The predicted molar refractivity (Wildman–Crippen MR) is 66.5 cm³/mol. The van der Waals surface area contributed by atoms with Gasteiger partial charge in [-0.2, -0.15) is 0 Å². The summed E-state index contributed by atoms with van der Waals surface area (Å²) in [5.74, 6) is -0.112. The van der Waals surface area contributed by atoms with Crippen LogP contribution in [0.5, 0.6) is 0 Å². The van der Waals surface area contributed by atoms with Gasteiger partial charge in [-0.05, 0) is 26.7 Å². The highest BCUT2D eigenvalue weighted by Crippen LogP contribution is 2.25. The molecule has 2 atom stereocenters. The van der Waals surface area contributed by atoms with Crippen molar-refractivity contribution < 1.29 is 19.1 Å². The third-order valence-electron chi connectivity index (χ3n) is 2.74. The molecule has 0 aliphatic carbocycles. The first kappa shape index (κ1) is 14.7. The topological polar surface area (TPSA) is 78.6 Å². The molecular formula is C13H21NO4. The van der Waals surface area contributed by atoms with Crippen LogP contribution in [0.2, 0.25) is 0 Å². The summed E-state index contributed by atoms with van der Waals surface area (Å²) < 4.78 is 10.4. The van der Waals surface area contributed by atoms with Crippen LogP contribution in [0.25, 0.3) is 0 Å². The van der Waals surface area contributed by atoms with Crippen LogP contribution in [0, 0.1) is 0 Å². The molecule has 0 fully saturated rings. The quantitative estimate of drug-likeness (QED) is 0.730. The lowest BCUT2D eigenvalue weighted by Gasteiger charge is -2.06. The van der Waals surface area contributed by atoms with Crippen LogP contribution < -0.4 is 5.73 Å². The molecule has 0 bridgehead atoms. The van der Waals surface area contributed by atoms with E-state index in [1.54, 1.807) is 6.92 Å². The van der Waals surface area contributed by atoms with Gasteiger partial charge in [0.2, 0.25) is 11.5 Å². The highest BCUT2D eigenvalue weighted by molar-refractivity contribution is 6.00. The third kappa shape index (κ3) is 3.84. The second-order valence-corrected chi connectivity index (χ2v) is 4.57. The Morgan fingerprint density at radius 2 is 2.22 bits per heavy atom. The number of hydrogen-bond acceptors (Lipinski definition) is 5. The van der Waals surface area contributed by atoms with E-state index in [9.17, 15) is 9.59 Å². The molecule has 1 aliphatic heterocycles. The number of esters is 1. The minimum Gasteiger partial charge on any atom is -0.483 e. The second-order valence-electron chi connectivity index (χ2n) is 4.57. The predicted octanol–water partition coefficient (Wildman–Crippen LogP) is 1.66. The number of Topliss-reactive ketones (excluding diaryl/α,β-unsaturated/α-hetero) is 1. The van der Waals surface area contributed by atoms with Crippen molar-refractivity contribution in [3.8, 4) is 0 Å². The van der Waals surface area contributed by atoms with Crippen molar-refractivity contribution in [2.75, 3.05) is 0 Å². The fraction of sp³-hybridized carbons (Fsp3) is 0.692. The molecule has 0 aromatic carbocycles. The second kappa shape index (κ2) is 6.54. The zero-order valence-corrected chi connectivity index (χ0v) is 11.2. The summed E-state index contributed by atoms with van der Waals surface area (Å²) in [7, 11) is 0. The Morgan fingerprint density at radius 3 is 2.78 bits per heavy atom. The van der Waals surface area contributed by atoms with Crippen LogP contribution in [-0.2, 0) is 19.1 Å². The molecule has 18 heavy (non-hydrogen) atoms. The summed E-state index contributed by atoms with van der Waals surface area (Å²) >= 11 is 0. The van der Waals surface area contributed by atoms with Crippen molar-refractivity contribution in [1.29, 1.82) is 0 Å². The van der Waals surface area contributed by atoms with E-state index in [-0.39, 0.29) is 24.0 Å². The molecule has 1 heterocycles. The van der Waals surface area contributed by atoms with Gasteiger partial charge in [-0.3, -0.25) is 9.59 Å². The third-order valence-corrected chi connectivity index (χ3v) is 2.74. The highest BCUT2D eigenvalue weighted by Gasteiger charge is 2.33. The van der Waals surface area contributed by atoms with Gasteiger partial charge < -0.3 is 15.2 Å². The number of ketones is 1. The van der Waals surface area contributed by atoms with Crippen LogP contribution in [0.1, 0.15) is 46.5 Å². The number of allylic oxidation sites excluding steroid dienone is 1. The van der Waals surface area contributed by atoms with Gasteiger partial charge in [0.05, 0.1) is 0 Å². The first-order valence-electron chi connectivity index (χ1n) is 6.36. The smallest absolute Gasteiger partial charge is 0.311 e. The molecule has 0 saturated carbocycles. The average Bonchev–Trinajstić information content (AvgIpc) is 2.56. The highest BCUT2D eigenvalue weighted by atomic mass is 16.6. The van der Waals surface area contributed by atoms with E-state index in [0.717, 1.165) is 6.42 Å². The number of carbonyl (C=O) groups is 2. The maximum Gasteiger partial charge on any atom is 0.311 e. The number of hydrogen-bond donors (Lipinski definition) is 1. The molecular weight excluding hydrogens is 234 g/mol. The Morgan fingerprint density at radius 1 is 1.56 bits per heavy atom. The van der Waals surface area contributed by atoms with E-state index in [2.05, 4.69) is 0 Å². The van der Waals surface area contributed by atoms with Crippen LogP contribution in [0.3, 0.4) is 0 Å². The van der Waals surface area contributed by atoms with E-state index >= 15 is 0 Å². The Kier molecular flexibility index (Phi) is 5.34. The molecule has 0 aromatic heterocycles. The van der Waals surface area contributed by atoms with Gasteiger partial charge in [0, 0.05) is 18.9 Å². The number of nitrogens with two attached hydrogens (primary N) is 1. The van der Waals surface area contributed by atoms with Crippen molar-refractivity contribution in [2.45, 2.75) is 58.6 Å². The van der Waals surface area contributed by atoms with Gasteiger partial charge in [0.1, 0.15) is 5.76 Å². The van der Waals surface area contributed by atoms with E-state index in [0.29, 0.717) is 18.6 Å². The van der Waals surface area contributed by atoms with Crippen LogP contribution in [0.4, 0.5) is 0 Å². The molecule has 1 rings (SSSR count). The van der Waals surface area contributed by atoms with Crippen molar-refractivity contribution in [3.63, 3.8) is 0 Å². The van der Waals surface area contributed by atoms with E-state index in [4.69, 9.17) is 15.2 Å². The summed E-state index contributed by atoms with van der Waals surface area (Å²) in [6, 6.07) is 0.0692. The molecule has 0 aromatic rings. The van der Waals surface area contributed by atoms with Gasteiger partial charge >= 0.3 is 5.97 Å². The minimum atomic E-state index is -0.549. The number of ether oxygens (including phenoxy) is 2. The first-order chi connectivity index (χ1) is 8.45. The van der Waals surface area contributed by atoms with E-state index < -0.39 is 12.1 Å². The fourth-order valence-corrected chi connectivity index (χ4v) is 1.73. The fourth-order valence-electron chi connectivity index (χ4n) is 1.73. The van der Waals surface area contributed by atoms with Crippen LogP contribution in [0.15, 0.2) is 11.5 Å². The maximum absolute atomic E-state index is 11.7. The van der Waals surface area contributed by atoms with Gasteiger partial charge in [-0.1, -0.05) is 6.92 Å². The molecule has 5 nitrogen and oxygen atoms in total. The van der Waals surface area contributed by atoms with Crippen LogP contribution in [-0.4, -0.2) is 23.9 Å². The summed E-state index contributed by atoms with van der Waals surface area (Å²) in [6.07, 6.45) is 1.68. The molecule has 102 valence electrons. The maximum atomic E-state index is 11.7. The molecule has 2 unspecified atom stereocenters. The normalized spacial score (nSPS) is 20.9. The molecule has 0 spiro atoms. The van der Waals surface area contributed by atoms with Gasteiger partial charge in [0.15, 0.2) is 6.10 Å². The minimum absolute atomic E-state index is 0.0692. The van der Waals surface area contributed by atoms with Crippen molar-refractivity contribution >= 4 is 11.8 Å². The molecule has 0 saturated heterocycles. The zero-order valence-electron chi connectivity index (χ0n) is 11.2. The monoisotopic (exact) mass is 255 g/mol. The van der Waals surface area contributed by atoms with Crippen molar-refractivity contribution in [1.82, 2.24) is 0 Å². The average molecular weight is 255 g/mol. The Labute approximate surface area is 107 Å². The summed E-state index contributed by atoms with van der Waals surface area (Å²) in [6.45, 7) is 5.39. The van der Waals surface area contributed by atoms with Gasteiger partial charge in [0.25, 0.3) is 0 Å². The molecule has 5 heteroatoms. The molecule has 1 aliphatic rings. The largest absolute Gasteiger partial charge is 0.483 e. The number of rotatable bonds is 6. The standard InChI is InChI=1S/C13H21NO4/c1-4-10-13(12(16)9(3)17-10)18-11(15)7-5-6-8(2)14/h8-9H,4-7,14H2,1-3H3. The molecule has 0 radical (unpaired) electrons. The Hall–Kier alpha value is -1.36. The summed E-state index contributed by atoms with van der Waals surface area (Å²) in [4.78, 5) is 23.3. The van der Waals surface area contributed by atoms with Gasteiger partial charge in [-0.25, -0.2) is 0 Å². The lowest BCUT2D eigenvalue weighted by Crippen LogP contribution is -2.18. The SMILES string of the molecule is CCC1=C(OC(=O)CCCC(C)N)C(=O)C(C)O1. The summed E-state index contributed by atoms with van der Waals surface area (Å²) in [5, 5.41) is 0. The van der Waals surface area contributed by atoms with Crippen LogP contribution >= 0.6 is 0 Å². The lowest BCUT2D eigenvalue weighted by atomic mass is 10.1. The first-order valence-corrected chi connectivity index (χ1v) is 6.36. The Bertz CT molecular complexity index is 360. The molecule has 2 N–H and O–H groups in total. The van der Waals surface area contributed by atoms with E-state index in [1.165, 1.54) is 0 Å². The van der Waals surface area contributed by atoms with Crippen molar-refractivity contribution in [2.24, 2.45) is 5.73 Å². The van der Waals surface area contributed by atoms with Gasteiger partial charge in [-0.15, -0.1) is 0 Å². The lowest BCUT2D eigenvalue weighted by molar-refractivity contribution is -0.142. The van der Waals surface area contributed by atoms with E-state index in [1.807, 2.05) is 13.8 Å². The zero-order chi connectivity index (χ0) is 13.7. The van der Waals surface area contributed by atoms with Crippen molar-refractivity contribution in [3.05, 3.63) is 11.5 Å².